The molecule has 7 heteroatoms. The van der Waals surface area contributed by atoms with Gasteiger partial charge in [0.25, 0.3) is 11.8 Å². The molecule has 0 bridgehead atoms. The number of aryl methyl sites for hydroxylation is 1. The van der Waals surface area contributed by atoms with Crippen molar-refractivity contribution < 1.29 is 14.3 Å². The van der Waals surface area contributed by atoms with Gasteiger partial charge in [-0.3, -0.25) is 14.5 Å². The fourth-order valence-electron chi connectivity index (χ4n) is 3.73. The lowest BCUT2D eigenvalue weighted by atomic mass is 10.1. The molecule has 1 fully saturated rings. The molecule has 1 aromatic heterocycles. The minimum absolute atomic E-state index is 0.221. The van der Waals surface area contributed by atoms with Crippen molar-refractivity contribution in [3.05, 3.63) is 98.9 Å². The largest absolute Gasteiger partial charge is 0.379 e. The molecule has 2 N–H and O–H groups in total. The lowest BCUT2D eigenvalue weighted by Crippen LogP contribution is -2.36. The molecule has 2 heterocycles. The first kappa shape index (κ1) is 23.9. The first-order valence-electron chi connectivity index (χ1n) is 11.4. The molecule has 3 aromatic rings. The molecule has 0 spiro atoms. The van der Waals surface area contributed by atoms with Crippen molar-refractivity contribution in [2.24, 2.45) is 0 Å². The molecule has 0 aliphatic carbocycles. The van der Waals surface area contributed by atoms with Gasteiger partial charge in [-0.15, -0.1) is 11.3 Å². The number of morpholine rings is 1. The van der Waals surface area contributed by atoms with E-state index in [4.69, 9.17) is 4.74 Å². The van der Waals surface area contributed by atoms with E-state index in [0.29, 0.717) is 12.1 Å². The summed E-state index contributed by atoms with van der Waals surface area (Å²) < 4.78 is 5.45. The molecule has 0 unspecified atom stereocenters. The Labute approximate surface area is 204 Å². The molecule has 1 aliphatic heterocycles. The summed E-state index contributed by atoms with van der Waals surface area (Å²) in [5.41, 5.74) is 4.03. The molecule has 0 radical (unpaired) electrons. The van der Waals surface area contributed by atoms with E-state index in [1.807, 2.05) is 54.8 Å². The first-order chi connectivity index (χ1) is 16.6. The molecule has 1 aliphatic rings. The second-order valence-corrected chi connectivity index (χ2v) is 9.21. The Morgan fingerprint density at radius 3 is 2.44 bits per heavy atom. The maximum atomic E-state index is 13.1. The summed E-state index contributed by atoms with van der Waals surface area (Å²) in [7, 11) is 0. The van der Waals surface area contributed by atoms with Crippen LogP contribution in [-0.2, 0) is 22.6 Å². The van der Waals surface area contributed by atoms with Gasteiger partial charge in [0.2, 0.25) is 0 Å². The zero-order chi connectivity index (χ0) is 23.8. The summed E-state index contributed by atoms with van der Waals surface area (Å²) >= 11 is 1.51. The average Bonchev–Trinajstić information content (AvgIpc) is 3.37. The predicted molar refractivity (Wildman–Crippen MR) is 135 cm³/mol. The predicted octanol–water partition coefficient (Wildman–Crippen LogP) is 3.98. The number of hydrogen-bond acceptors (Lipinski definition) is 5. The summed E-state index contributed by atoms with van der Waals surface area (Å²) in [6.07, 6.45) is 1.71. The van der Waals surface area contributed by atoms with E-state index in [2.05, 4.69) is 21.6 Å². The van der Waals surface area contributed by atoms with Crippen molar-refractivity contribution in [3.8, 4) is 0 Å². The minimum atomic E-state index is -0.324. The number of carbonyl (C=O) groups is 2. The van der Waals surface area contributed by atoms with Crippen LogP contribution in [0.25, 0.3) is 6.08 Å². The lowest BCUT2D eigenvalue weighted by Gasteiger charge is -2.27. The standard InChI is InChI=1S/C27H29N3O3S/c1-20-8-10-21(11-9-20)26(31)29-25(17-24-7-4-16-34-24)27(32)28-18-22-5-2-3-6-23(22)19-30-12-14-33-15-13-30/h2-11,16-17H,12-15,18-19H2,1H3,(H,28,32)(H,29,31)/b25-17-. The van der Waals surface area contributed by atoms with E-state index in [1.54, 1.807) is 18.2 Å². The number of carbonyl (C=O) groups excluding carboxylic acids is 2. The Bertz CT molecular complexity index is 1130. The topological polar surface area (TPSA) is 70.7 Å². The van der Waals surface area contributed by atoms with Crippen LogP contribution < -0.4 is 10.6 Å². The van der Waals surface area contributed by atoms with Crippen LogP contribution in [0.4, 0.5) is 0 Å². The van der Waals surface area contributed by atoms with Gasteiger partial charge in [0, 0.05) is 36.6 Å². The van der Waals surface area contributed by atoms with E-state index in [9.17, 15) is 9.59 Å². The third-order valence-corrected chi connectivity index (χ3v) is 6.51. The van der Waals surface area contributed by atoms with Gasteiger partial charge in [0.1, 0.15) is 5.70 Å². The molecule has 6 nitrogen and oxygen atoms in total. The fraction of sp³-hybridized carbons (Fsp3) is 0.259. The van der Waals surface area contributed by atoms with Gasteiger partial charge in [-0.1, -0.05) is 48.0 Å². The molecule has 0 atom stereocenters. The number of amides is 2. The SMILES string of the molecule is Cc1ccc(C(=O)N/C(=C\c2cccs2)C(=O)NCc2ccccc2CN2CCOCC2)cc1. The Hall–Kier alpha value is -3.26. The highest BCUT2D eigenvalue weighted by atomic mass is 32.1. The van der Waals surface area contributed by atoms with Crippen LogP contribution >= 0.6 is 11.3 Å². The number of benzene rings is 2. The fourth-order valence-corrected chi connectivity index (χ4v) is 4.39. The van der Waals surface area contributed by atoms with Gasteiger partial charge < -0.3 is 15.4 Å². The van der Waals surface area contributed by atoms with Crippen molar-refractivity contribution in [2.75, 3.05) is 26.3 Å². The summed E-state index contributed by atoms with van der Waals surface area (Å²) in [6, 6.07) is 19.2. The number of nitrogens with zero attached hydrogens (tertiary/aromatic N) is 1. The van der Waals surface area contributed by atoms with Gasteiger partial charge in [-0.25, -0.2) is 0 Å². The summed E-state index contributed by atoms with van der Waals surface area (Å²) in [6.45, 7) is 6.46. The maximum absolute atomic E-state index is 13.1. The molecule has 2 amide bonds. The van der Waals surface area contributed by atoms with Crippen LogP contribution in [0.15, 0.2) is 71.7 Å². The van der Waals surface area contributed by atoms with Gasteiger partial charge >= 0.3 is 0 Å². The zero-order valence-electron chi connectivity index (χ0n) is 19.3. The number of ether oxygens (including phenoxy) is 1. The molecular formula is C27H29N3O3S. The highest BCUT2D eigenvalue weighted by Gasteiger charge is 2.17. The zero-order valence-corrected chi connectivity index (χ0v) is 20.1. The minimum Gasteiger partial charge on any atom is -0.379 e. The average molecular weight is 476 g/mol. The summed E-state index contributed by atoms with van der Waals surface area (Å²) in [5.74, 6) is -0.638. The number of thiophene rings is 1. The van der Waals surface area contributed by atoms with E-state index >= 15 is 0 Å². The number of hydrogen-bond donors (Lipinski definition) is 2. The maximum Gasteiger partial charge on any atom is 0.268 e. The smallest absolute Gasteiger partial charge is 0.268 e. The third kappa shape index (κ3) is 6.63. The van der Waals surface area contributed by atoms with Gasteiger partial charge in [0.05, 0.1) is 13.2 Å². The van der Waals surface area contributed by atoms with Crippen molar-refractivity contribution in [1.82, 2.24) is 15.5 Å². The van der Waals surface area contributed by atoms with Crippen LogP contribution in [-0.4, -0.2) is 43.0 Å². The van der Waals surface area contributed by atoms with E-state index < -0.39 is 0 Å². The van der Waals surface area contributed by atoms with Gasteiger partial charge in [-0.2, -0.15) is 0 Å². The summed E-state index contributed by atoms with van der Waals surface area (Å²) in [5, 5.41) is 7.73. The van der Waals surface area contributed by atoms with Crippen molar-refractivity contribution in [3.63, 3.8) is 0 Å². The Kier molecular flexibility index (Phi) is 8.25. The molecule has 1 saturated heterocycles. The van der Waals surface area contributed by atoms with Crippen molar-refractivity contribution in [1.29, 1.82) is 0 Å². The van der Waals surface area contributed by atoms with Crippen LogP contribution in [0, 0.1) is 6.92 Å². The second kappa shape index (κ2) is 11.7. The monoisotopic (exact) mass is 475 g/mol. The molecule has 34 heavy (non-hydrogen) atoms. The van der Waals surface area contributed by atoms with E-state index in [-0.39, 0.29) is 17.5 Å². The van der Waals surface area contributed by atoms with Crippen LogP contribution in [0.5, 0.6) is 0 Å². The quantitative estimate of drug-likeness (QED) is 0.484. The van der Waals surface area contributed by atoms with Crippen LogP contribution in [0.1, 0.15) is 31.9 Å². The Balaban J connectivity index is 1.46. The Morgan fingerprint density at radius 1 is 1.00 bits per heavy atom. The number of nitrogens with one attached hydrogen (secondary N) is 2. The normalized spacial score (nSPS) is 14.6. The third-order valence-electron chi connectivity index (χ3n) is 5.69. The van der Waals surface area contributed by atoms with Gasteiger partial charge in [-0.05, 0) is 47.7 Å². The second-order valence-electron chi connectivity index (χ2n) is 8.23. The van der Waals surface area contributed by atoms with Crippen molar-refractivity contribution >= 4 is 29.2 Å². The van der Waals surface area contributed by atoms with Crippen LogP contribution in [0.2, 0.25) is 0 Å². The molecular weight excluding hydrogens is 446 g/mol. The molecule has 176 valence electrons. The molecule has 0 saturated carbocycles. The highest BCUT2D eigenvalue weighted by molar-refractivity contribution is 7.10. The van der Waals surface area contributed by atoms with Gasteiger partial charge in [0.15, 0.2) is 0 Å². The lowest BCUT2D eigenvalue weighted by molar-refractivity contribution is -0.117. The highest BCUT2D eigenvalue weighted by Crippen LogP contribution is 2.15. The van der Waals surface area contributed by atoms with E-state index in [1.165, 1.54) is 16.9 Å². The summed E-state index contributed by atoms with van der Waals surface area (Å²) in [4.78, 5) is 29.2. The Morgan fingerprint density at radius 2 is 1.74 bits per heavy atom. The first-order valence-corrected chi connectivity index (χ1v) is 12.2. The van der Waals surface area contributed by atoms with Crippen molar-refractivity contribution in [2.45, 2.75) is 20.0 Å². The molecule has 2 aromatic carbocycles. The van der Waals surface area contributed by atoms with Crippen LogP contribution in [0.3, 0.4) is 0 Å². The number of rotatable bonds is 8. The molecule has 4 rings (SSSR count). The van der Waals surface area contributed by atoms with E-state index in [0.717, 1.165) is 48.9 Å².